The zero-order valence-electron chi connectivity index (χ0n) is 8.01. The minimum Gasteiger partial charge on any atom is -0.316 e. The van der Waals surface area contributed by atoms with Crippen LogP contribution in [0.1, 0.15) is 26.7 Å². The molecule has 2 unspecified atom stereocenters. The van der Waals surface area contributed by atoms with Crippen molar-refractivity contribution in [2.75, 3.05) is 18.8 Å². The van der Waals surface area contributed by atoms with Crippen molar-refractivity contribution >= 4 is 10.8 Å². The fourth-order valence-corrected chi connectivity index (χ4v) is 2.93. The Hall–Kier alpha value is 0.110. The Labute approximate surface area is 77.6 Å². The molecule has 1 saturated heterocycles. The SMILES string of the molecule is CCCC(C)S(=O)CC1CNC1. The zero-order valence-corrected chi connectivity index (χ0v) is 8.82. The van der Waals surface area contributed by atoms with Crippen LogP contribution in [0.15, 0.2) is 0 Å². The van der Waals surface area contributed by atoms with Crippen LogP contribution < -0.4 is 5.32 Å². The van der Waals surface area contributed by atoms with Gasteiger partial charge in [-0.3, -0.25) is 4.21 Å². The Kier molecular flexibility index (Phi) is 4.22. The molecule has 3 heteroatoms. The van der Waals surface area contributed by atoms with E-state index >= 15 is 0 Å². The summed E-state index contributed by atoms with van der Waals surface area (Å²) in [6.07, 6.45) is 2.25. The molecule has 72 valence electrons. The lowest BCUT2D eigenvalue weighted by atomic mass is 10.1. The Morgan fingerprint density at radius 3 is 2.67 bits per heavy atom. The number of rotatable bonds is 5. The lowest BCUT2D eigenvalue weighted by molar-refractivity contribution is 0.382. The van der Waals surface area contributed by atoms with E-state index in [9.17, 15) is 4.21 Å². The fourth-order valence-electron chi connectivity index (χ4n) is 1.40. The van der Waals surface area contributed by atoms with Crippen LogP contribution in [-0.2, 0) is 10.8 Å². The number of hydrogen-bond acceptors (Lipinski definition) is 2. The maximum Gasteiger partial charge on any atom is 0.0319 e. The van der Waals surface area contributed by atoms with E-state index in [1.165, 1.54) is 0 Å². The van der Waals surface area contributed by atoms with E-state index in [1.807, 2.05) is 0 Å². The second-order valence-corrected chi connectivity index (χ2v) is 5.57. The number of hydrogen-bond donors (Lipinski definition) is 1. The second kappa shape index (κ2) is 4.97. The molecule has 1 heterocycles. The Morgan fingerprint density at radius 1 is 1.58 bits per heavy atom. The van der Waals surface area contributed by atoms with Gasteiger partial charge in [0, 0.05) is 34.9 Å². The third kappa shape index (κ3) is 2.87. The summed E-state index contributed by atoms with van der Waals surface area (Å²) < 4.78 is 11.6. The van der Waals surface area contributed by atoms with Gasteiger partial charge < -0.3 is 5.32 Å². The molecule has 0 aromatic heterocycles. The molecule has 0 aliphatic carbocycles. The maximum atomic E-state index is 11.6. The van der Waals surface area contributed by atoms with Crippen LogP contribution in [-0.4, -0.2) is 28.3 Å². The molecular weight excluding hydrogens is 170 g/mol. The van der Waals surface area contributed by atoms with Crippen LogP contribution in [0.4, 0.5) is 0 Å². The van der Waals surface area contributed by atoms with Crippen molar-refractivity contribution in [3.63, 3.8) is 0 Å². The molecular formula is C9H19NOS. The van der Waals surface area contributed by atoms with E-state index in [-0.39, 0.29) is 0 Å². The highest BCUT2D eigenvalue weighted by Gasteiger charge is 2.21. The van der Waals surface area contributed by atoms with Crippen molar-refractivity contribution in [2.45, 2.75) is 31.9 Å². The molecule has 0 saturated carbocycles. The van der Waals surface area contributed by atoms with Gasteiger partial charge in [0.2, 0.25) is 0 Å². The van der Waals surface area contributed by atoms with Crippen LogP contribution in [0.25, 0.3) is 0 Å². The molecule has 2 nitrogen and oxygen atoms in total. The summed E-state index contributed by atoms with van der Waals surface area (Å²) in [5.74, 6) is 1.60. The average Bonchev–Trinajstić information content (AvgIpc) is 1.97. The van der Waals surface area contributed by atoms with Crippen LogP contribution in [0.3, 0.4) is 0 Å². The number of nitrogens with one attached hydrogen (secondary N) is 1. The Balaban J connectivity index is 2.16. The Bertz CT molecular complexity index is 157. The van der Waals surface area contributed by atoms with Gasteiger partial charge in [-0.1, -0.05) is 20.3 Å². The third-order valence-electron chi connectivity index (χ3n) is 2.41. The summed E-state index contributed by atoms with van der Waals surface area (Å²) in [5.41, 5.74) is 0. The van der Waals surface area contributed by atoms with Crippen LogP contribution in [0.2, 0.25) is 0 Å². The molecule has 0 aromatic rings. The van der Waals surface area contributed by atoms with Gasteiger partial charge in [0.05, 0.1) is 0 Å². The highest BCUT2D eigenvalue weighted by molar-refractivity contribution is 7.85. The summed E-state index contributed by atoms with van der Waals surface area (Å²) in [6.45, 7) is 6.40. The molecule has 1 aliphatic rings. The molecule has 12 heavy (non-hydrogen) atoms. The van der Waals surface area contributed by atoms with Crippen molar-refractivity contribution in [3.8, 4) is 0 Å². The summed E-state index contributed by atoms with van der Waals surface area (Å²) in [4.78, 5) is 0. The predicted octanol–water partition coefficient (Wildman–Crippen LogP) is 1.14. The molecule has 0 aromatic carbocycles. The lowest BCUT2D eigenvalue weighted by Gasteiger charge is -2.27. The maximum absolute atomic E-state index is 11.6. The van der Waals surface area contributed by atoms with Crippen molar-refractivity contribution in [1.29, 1.82) is 0 Å². The molecule has 1 N–H and O–H groups in total. The standard InChI is InChI=1S/C9H19NOS/c1-3-4-8(2)12(11)7-9-5-10-6-9/h8-10H,3-7H2,1-2H3. The van der Waals surface area contributed by atoms with E-state index < -0.39 is 10.8 Å². The van der Waals surface area contributed by atoms with Gasteiger partial charge in [0.25, 0.3) is 0 Å². The van der Waals surface area contributed by atoms with Crippen molar-refractivity contribution in [3.05, 3.63) is 0 Å². The van der Waals surface area contributed by atoms with Gasteiger partial charge in [0.1, 0.15) is 0 Å². The molecule has 0 bridgehead atoms. The van der Waals surface area contributed by atoms with Crippen molar-refractivity contribution < 1.29 is 4.21 Å². The topological polar surface area (TPSA) is 29.1 Å². The summed E-state index contributed by atoms with van der Waals surface area (Å²) in [7, 11) is -0.583. The zero-order chi connectivity index (χ0) is 8.97. The minimum absolute atomic E-state index is 0.399. The quantitative estimate of drug-likeness (QED) is 0.703. The molecule has 0 spiro atoms. The summed E-state index contributed by atoms with van der Waals surface area (Å²) >= 11 is 0. The Morgan fingerprint density at radius 2 is 2.25 bits per heavy atom. The van der Waals surface area contributed by atoms with Crippen LogP contribution in [0, 0.1) is 5.92 Å². The first-order valence-electron chi connectivity index (χ1n) is 4.82. The van der Waals surface area contributed by atoms with E-state index in [2.05, 4.69) is 19.2 Å². The highest BCUT2D eigenvalue weighted by atomic mass is 32.2. The predicted molar refractivity (Wildman–Crippen MR) is 53.7 cm³/mol. The second-order valence-electron chi connectivity index (χ2n) is 3.67. The van der Waals surface area contributed by atoms with E-state index in [4.69, 9.17) is 0 Å². The van der Waals surface area contributed by atoms with Crippen LogP contribution in [0.5, 0.6) is 0 Å². The van der Waals surface area contributed by atoms with Gasteiger partial charge in [-0.25, -0.2) is 0 Å². The first kappa shape index (κ1) is 10.2. The molecule has 1 aliphatic heterocycles. The smallest absolute Gasteiger partial charge is 0.0319 e. The largest absolute Gasteiger partial charge is 0.316 e. The van der Waals surface area contributed by atoms with Crippen LogP contribution >= 0.6 is 0 Å². The van der Waals surface area contributed by atoms with E-state index in [0.717, 1.165) is 31.7 Å². The van der Waals surface area contributed by atoms with Crippen molar-refractivity contribution in [2.24, 2.45) is 5.92 Å². The summed E-state index contributed by atoms with van der Waals surface area (Å²) in [5, 5.41) is 3.60. The van der Waals surface area contributed by atoms with E-state index in [0.29, 0.717) is 11.2 Å². The molecule has 1 fully saturated rings. The first-order chi connectivity index (χ1) is 5.74. The van der Waals surface area contributed by atoms with Gasteiger partial charge in [0.15, 0.2) is 0 Å². The normalized spacial score (nSPS) is 23.2. The lowest BCUT2D eigenvalue weighted by Crippen LogP contribution is -2.45. The monoisotopic (exact) mass is 189 g/mol. The molecule has 0 amide bonds. The van der Waals surface area contributed by atoms with Gasteiger partial charge in [-0.05, 0) is 12.3 Å². The average molecular weight is 189 g/mol. The first-order valence-corrected chi connectivity index (χ1v) is 6.20. The van der Waals surface area contributed by atoms with Gasteiger partial charge in [-0.15, -0.1) is 0 Å². The molecule has 2 atom stereocenters. The van der Waals surface area contributed by atoms with Crippen molar-refractivity contribution in [1.82, 2.24) is 5.32 Å². The molecule has 0 radical (unpaired) electrons. The third-order valence-corrected chi connectivity index (χ3v) is 4.34. The fraction of sp³-hybridized carbons (Fsp3) is 1.00. The van der Waals surface area contributed by atoms with Gasteiger partial charge in [-0.2, -0.15) is 0 Å². The highest BCUT2D eigenvalue weighted by Crippen LogP contribution is 2.11. The molecule has 1 rings (SSSR count). The van der Waals surface area contributed by atoms with E-state index in [1.54, 1.807) is 0 Å². The van der Waals surface area contributed by atoms with Gasteiger partial charge >= 0.3 is 0 Å². The minimum atomic E-state index is -0.583. The summed E-state index contributed by atoms with van der Waals surface area (Å²) in [6, 6.07) is 0.